The number of aryl methyl sites for hydroxylation is 2. The van der Waals surface area contributed by atoms with E-state index >= 15 is 0 Å². The Labute approximate surface area is 125 Å². The van der Waals surface area contributed by atoms with Crippen LogP contribution in [0.2, 0.25) is 0 Å². The summed E-state index contributed by atoms with van der Waals surface area (Å²) in [5.74, 6) is 0. The molecule has 0 spiro atoms. The number of rotatable bonds is 4. The number of pyridine rings is 1. The molecular formula is C16H24N4O. The number of fused-ring (bicyclic) bond motifs is 1. The second kappa shape index (κ2) is 5.73. The number of aromatic nitrogens is 3. The van der Waals surface area contributed by atoms with Crippen molar-refractivity contribution in [1.29, 1.82) is 0 Å². The smallest absolute Gasteiger partial charge is 0.157 e. The van der Waals surface area contributed by atoms with Gasteiger partial charge < -0.3 is 10.1 Å². The van der Waals surface area contributed by atoms with Crippen LogP contribution in [0, 0.1) is 12.3 Å². The zero-order valence-corrected chi connectivity index (χ0v) is 13.1. The van der Waals surface area contributed by atoms with Gasteiger partial charge in [0.15, 0.2) is 5.65 Å². The number of nitrogens with one attached hydrogen (secondary N) is 1. The van der Waals surface area contributed by atoms with Gasteiger partial charge in [-0.25, -0.2) is 4.98 Å². The highest BCUT2D eigenvalue weighted by Crippen LogP contribution is 2.28. The van der Waals surface area contributed by atoms with E-state index in [0.29, 0.717) is 5.41 Å². The zero-order chi connectivity index (χ0) is 14.9. The van der Waals surface area contributed by atoms with Crippen LogP contribution in [0.4, 0.5) is 0 Å². The normalized spacial score (nSPS) is 18.2. The topological polar surface area (TPSA) is 52.0 Å². The van der Waals surface area contributed by atoms with Gasteiger partial charge in [0.2, 0.25) is 0 Å². The number of ether oxygens (including phenoxy) is 1. The van der Waals surface area contributed by atoms with Crippen molar-refractivity contribution in [1.82, 2.24) is 20.1 Å². The molecule has 5 nitrogen and oxygen atoms in total. The molecule has 5 heteroatoms. The second-order valence-corrected chi connectivity index (χ2v) is 6.45. The fourth-order valence-electron chi connectivity index (χ4n) is 3.00. The van der Waals surface area contributed by atoms with Crippen LogP contribution < -0.4 is 5.32 Å². The third-order valence-electron chi connectivity index (χ3n) is 4.50. The van der Waals surface area contributed by atoms with E-state index in [4.69, 9.17) is 4.74 Å². The fraction of sp³-hybridized carbons (Fsp3) is 0.625. The van der Waals surface area contributed by atoms with Gasteiger partial charge in [-0.05, 0) is 36.8 Å². The first kappa shape index (κ1) is 14.5. The van der Waals surface area contributed by atoms with Crippen LogP contribution in [0.25, 0.3) is 11.0 Å². The molecule has 1 fully saturated rings. The quantitative estimate of drug-likeness (QED) is 0.937. The summed E-state index contributed by atoms with van der Waals surface area (Å²) in [6.45, 7) is 8.04. The molecule has 1 aliphatic heterocycles. The van der Waals surface area contributed by atoms with Crippen LogP contribution in [-0.2, 0) is 18.3 Å². The van der Waals surface area contributed by atoms with Crippen LogP contribution in [-0.4, -0.2) is 34.5 Å². The van der Waals surface area contributed by atoms with Crippen LogP contribution in [0.1, 0.15) is 31.0 Å². The Hall–Kier alpha value is -1.46. The predicted octanol–water partition coefficient (Wildman–Crippen LogP) is 2.18. The first-order chi connectivity index (χ1) is 10.1. The van der Waals surface area contributed by atoms with Gasteiger partial charge >= 0.3 is 0 Å². The Morgan fingerprint density at radius 3 is 2.90 bits per heavy atom. The van der Waals surface area contributed by atoms with Crippen molar-refractivity contribution in [3.05, 3.63) is 23.5 Å². The summed E-state index contributed by atoms with van der Waals surface area (Å²) in [7, 11) is 1.94. The Morgan fingerprint density at radius 2 is 2.14 bits per heavy atom. The number of nitrogens with zero attached hydrogens (tertiary/aromatic N) is 3. The maximum absolute atomic E-state index is 5.45. The van der Waals surface area contributed by atoms with Crippen LogP contribution >= 0.6 is 0 Å². The maximum Gasteiger partial charge on any atom is 0.157 e. The van der Waals surface area contributed by atoms with Crippen LogP contribution in [0.5, 0.6) is 0 Å². The summed E-state index contributed by atoms with van der Waals surface area (Å²) in [4.78, 5) is 4.52. The molecule has 2 aromatic rings. The molecule has 1 saturated heterocycles. The van der Waals surface area contributed by atoms with Gasteiger partial charge in [0.1, 0.15) is 0 Å². The molecule has 0 aromatic carbocycles. The van der Waals surface area contributed by atoms with Gasteiger partial charge in [-0.2, -0.15) is 5.10 Å². The van der Waals surface area contributed by atoms with E-state index in [1.165, 1.54) is 5.56 Å². The number of hydrogen-bond acceptors (Lipinski definition) is 4. The van der Waals surface area contributed by atoms with Crippen LogP contribution in [0.3, 0.4) is 0 Å². The molecule has 3 heterocycles. The minimum Gasteiger partial charge on any atom is -0.381 e. The third-order valence-corrected chi connectivity index (χ3v) is 4.50. The average molecular weight is 288 g/mol. The van der Waals surface area contributed by atoms with E-state index in [-0.39, 0.29) is 0 Å². The summed E-state index contributed by atoms with van der Waals surface area (Å²) >= 11 is 0. The Balaban J connectivity index is 1.64. The molecule has 21 heavy (non-hydrogen) atoms. The zero-order valence-electron chi connectivity index (χ0n) is 13.1. The highest BCUT2D eigenvalue weighted by molar-refractivity contribution is 5.78. The lowest BCUT2D eigenvalue weighted by atomic mass is 9.82. The molecule has 114 valence electrons. The molecule has 2 aromatic heterocycles. The van der Waals surface area contributed by atoms with Crippen molar-refractivity contribution >= 4 is 11.0 Å². The molecule has 0 aliphatic carbocycles. The molecule has 0 unspecified atom stereocenters. The van der Waals surface area contributed by atoms with Gasteiger partial charge in [-0.1, -0.05) is 6.92 Å². The van der Waals surface area contributed by atoms with Crippen LogP contribution in [0.15, 0.2) is 12.3 Å². The molecule has 3 rings (SSSR count). The van der Waals surface area contributed by atoms with Crippen molar-refractivity contribution < 1.29 is 4.74 Å². The van der Waals surface area contributed by atoms with E-state index in [2.05, 4.69) is 28.4 Å². The predicted molar refractivity (Wildman–Crippen MR) is 83.1 cm³/mol. The number of hydrogen-bond donors (Lipinski definition) is 1. The Kier molecular flexibility index (Phi) is 3.95. The van der Waals surface area contributed by atoms with Gasteiger partial charge in [0.05, 0.1) is 5.69 Å². The average Bonchev–Trinajstić information content (AvgIpc) is 2.74. The Bertz CT molecular complexity index is 628. The van der Waals surface area contributed by atoms with Crippen molar-refractivity contribution in [2.24, 2.45) is 12.5 Å². The molecule has 1 aliphatic rings. The van der Waals surface area contributed by atoms with Gasteiger partial charge in [-0.15, -0.1) is 0 Å². The fourth-order valence-corrected chi connectivity index (χ4v) is 3.00. The summed E-state index contributed by atoms with van der Waals surface area (Å²) in [5, 5.41) is 9.14. The lowest BCUT2D eigenvalue weighted by molar-refractivity contribution is 0.0240. The van der Waals surface area contributed by atoms with Crippen molar-refractivity contribution in [3.63, 3.8) is 0 Å². The van der Waals surface area contributed by atoms with E-state index < -0.39 is 0 Å². The van der Waals surface area contributed by atoms with Crippen molar-refractivity contribution in [2.75, 3.05) is 19.8 Å². The Morgan fingerprint density at radius 1 is 1.38 bits per heavy atom. The molecule has 0 atom stereocenters. The monoisotopic (exact) mass is 288 g/mol. The summed E-state index contributed by atoms with van der Waals surface area (Å²) < 4.78 is 7.28. The van der Waals surface area contributed by atoms with E-state index in [9.17, 15) is 0 Å². The first-order valence-electron chi connectivity index (χ1n) is 7.64. The molecule has 0 saturated carbocycles. The largest absolute Gasteiger partial charge is 0.381 e. The lowest BCUT2D eigenvalue weighted by Gasteiger charge is -2.33. The summed E-state index contributed by atoms with van der Waals surface area (Å²) in [5.41, 5.74) is 3.57. The maximum atomic E-state index is 5.45. The molecule has 0 bridgehead atoms. The minimum absolute atomic E-state index is 0.361. The standard InChI is InChI=1S/C16H24N4O/c1-12-14-8-13(10-18-15(14)20(3)19-12)9-17-11-16(2)4-6-21-7-5-16/h8,10,17H,4-7,9,11H2,1-3H3. The molecule has 1 N–H and O–H groups in total. The first-order valence-corrected chi connectivity index (χ1v) is 7.64. The van der Waals surface area contributed by atoms with E-state index in [0.717, 1.165) is 55.9 Å². The third kappa shape index (κ3) is 3.09. The van der Waals surface area contributed by atoms with Gasteiger partial charge in [0, 0.05) is 44.9 Å². The highest BCUT2D eigenvalue weighted by Gasteiger charge is 2.26. The molecule has 0 radical (unpaired) electrons. The summed E-state index contributed by atoms with van der Waals surface area (Å²) in [6.07, 6.45) is 4.22. The van der Waals surface area contributed by atoms with E-state index in [1.807, 2.05) is 24.9 Å². The van der Waals surface area contributed by atoms with Crippen molar-refractivity contribution in [3.8, 4) is 0 Å². The molecular weight excluding hydrogens is 264 g/mol. The van der Waals surface area contributed by atoms with Gasteiger partial charge in [-0.3, -0.25) is 4.68 Å². The summed E-state index contributed by atoms with van der Waals surface area (Å²) in [6, 6.07) is 2.20. The van der Waals surface area contributed by atoms with E-state index in [1.54, 1.807) is 0 Å². The van der Waals surface area contributed by atoms with Crippen molar-refractivity contribution in [2.45, 2.75) is 33.2 Å². The lowest BCUT2D eigenvalue weighted by Crippen LogP contribution is -2.36. The molecule has 0 amide bonds. The second-order valence-electron chi connectivity index (χ2n) is 6.45. The van der Waals surface area contributed by atoms with Gasteiger partial charge in [0.25, 0.3) is 0 Å². The SMILES string of the molecule is Cc1nn(C)c2ncc(CNCC3(C)CCOCC3)cc12. The minimum atomic E-state index is 0.361. The highest BCUT2D eigenvalue weighted by atomic mass is 16.5.